The Bertz CT molecular complexity index is 639. The third-order valence-corrected chi connectivity index (χ3v) is 3.20. The maximum Gasteiger partial charge on any atom is 0.416 e. The fourth-order valence-corrected chi connectivity index (χ4v) is 1.98. The first-order valence-electron chi connectivity index (χ1n) is 5.78. The van der Waals surface area contributed by atoms with Gasteiger partial charge in [0.05, 0.1) is 22.0 Å². The first-order chi connectivity index (χ1) is 9.29. The van der Waals surface area contributed by atoms with Crippen LogP contribution in [0.25, 0.3) is 0 Å². The average molecular weight is 301 g/mol. The van der Waals surface area contributed by atoms with Gasteiger partial charge in [-0.2, -0.15) is 13.2 Å². The molecule has 0 saturated carbocycles. The quantitative estimate of drug-likeness (QED) is 0.767. The molecule has 0 heterocycles. The predicted octanol–water partition coefficient (Wildman–Crippen LogP) is 4.99. The van der Waals surface area contributed by atoms with E-state index in [0.717, 1.165) is 6.07 Å². The summed E-state index contributed by atoms with van der Waals surface area (Å²) in [5.74, 6) is 0. The van der Waals surface area contributed by atoms with Crippen LogP contribution in [-0.4, -0.2) is 0 Å². The van der Waals surface area contributed by atoms with E-state index in [-0.39, 0.29) is 5.56 Å². The highest BCUT2D eigenvalue weighted by Gasteiger charge is 2.32. The molecule has 0 aliphatic carbocycles. The zero-order valence-corrected chi connectivity index (χ0v) is 11.3. The van der Waals surface area contributed by atoms with Crippen LogP contribution in [0.15, 0.2) is 36.4 Å². The summed E-state index contributed by atoms with van der Waals surface area (Å²) in [5.41, 5.74) is 6.32. The summed E-state index contributed by atoms with van der Waals surface area (Å²) < 4.78 is 38.5. The second kappa shape index (κ2) is 5.25. The number of alkyl halides is 3. The van der Waals surface area contributed by atoms with Crippen molar-refractivity contribution in [2.45, 2.75) is 13.1 Å². The van der Waals surface area contributed by atoms with Crippen LogP contribution < -0.4 is 11.1 Å². The van der Waals surface area contributed by atoms with E-state index in [9.17, 15) is 13.2 Å². The number of hydrogen-bond acceptors (Lipinski definition) is 2. The van der Waals surface area contributed by atoms with Crippen LogP contribution in [0.1, 0.15) is 11.1 Å². The minimum absolute atomic E-state index is 0.169. The van der Waals surface area contributed by atoms with Crippen molar-refractivity contribution in [1.82, 2.24) is 0 Å². The molecule has 2 rings (SSSR count). The predicted molar refractivity (Wildman–Crippen MR) is 75.3 cm³/mol. The van der Waals surface area contributed by atoms with Crippen LogP contribution in [0, 0.1) is 6.92 Å². The van der Waals surface area contributed by atoms with Crippen LogP contribution in [0.4, 0.5) is 30.2 Å². The van der Waals surface area contributed by atoms with Crippen molar-refractivity contribution in [2.75, 3.05) is 11.1 Å². The van der Waals surface area contributed by atoms with Crippen molar-refractivity contribution in [3.8, 4) is 0 Å². The Balaban J connectivity index is 2.38. The standard InChI is InChI=1S/C14H12ClF3N2/c1-8-5-6-9(7-10(8)14(16,17)18)20-12-4-2-3-11(15)13(12)19/h2-7,20H,19H2,1H3. The van der Waals surface area contributed by atoms with Gasteiger partial charge in [0, 0.05) is 5.69 Å². The molecule has 3 N–H and O–H groups in total. The van der Waals surface area contributed by atoms with E-state index in [0.29, 0.717) is 22.1 Å². The zero-order chi connectivity index (χ0) is 14.9. The molecule has 2 aromatic rings. The van der Waals surface area contributed by atoms with Gasteiger partial charge in [-0.25, -0.2) is 0 Å². The summed E-state index contributed by atoms with van der Waals surface area (Å²) in [4.78, 5) is 0. The monoisotopic (exact) mass is 300 g/mol. The van der Waals surface area contributed by atoms with Gasteiger partial charge in [0.15, 0.2) is 0 Å². The molecule has 0 bridgehead atoms. The minimum Gasteiger partial charge on any atom is -0.396 e. The number of para-hydroxylation sites is 1. The van der Waals surface area contributed by atoms with Crippen LogP contribution in [0.5, 0.6) is 0 Å². The Morgan fingerprint density at radius 2 is 1.85 bits per heavy atom. The molecule has 0 radical (unpaired) electrons. The van der Waals surface area contributed by atoms with Crippen LogP contribution >= 0.6 is 11.6 Å². The van der Waals surface area contributed by atoms with Crippen molar-refractivity contribution in [2.24, 2.45) is 0 Å². The number of nitrogen functional groups attached to an aromatic ring is 1. The molecule has 2 nitrogen and oxygen atoms in total. The van der Waals surface area contributed by atoms with E-state index in [2.05, 4.69) is 5.32 Å². The fraction of sp³-hybridized carbons (Fsp3) is 0.143. The van der Waals surface area contributed by atoms with Crippen molar-refractivity contribution in [1.29, 1.82) is 0 Å². The SMILES string of the molecule is Cc1ccc(Nc2cccc(Cl)c2N)cc1C(F)(F)F. The largest absolute Gasteiger partial charge is 0.416 e. The molecule has 0 saturated heterocycles. The molecule has 2 aromatic carbocycles. The number of benzene rings is 2. The summed E-state index contributed by atoms with van der Waals surface area (Å²) in [6.45, 7) is 1.42. The fourth-order valence-electron chi connectivity index (χ4n) is 1.81. The van der Waals surface area contributed by atoms with E-state index < -0.39 is 11.7 Å². The average Bonchev–Trinajstić information content (AvgIpc) is 2.36. The molecule has 0 aliphatic heterocycles. The molecule has 0 aliphatic rings. The van der Waals surface area contributed by atoms with Crippen LogP contribution in [0.3, 0.4) is 0 Å². The third-order valence-electron chi connectivity index (χ3n) is 2.87. The van der Waals surface area contributed by atoms with Crippen molar-refractivity contribution >= 4 is 28.7 Å². The third kappa shape index (κ3) is 2.99. The van der Waals surface area contributed by atoms with Crippen LogP contribution in [-0.2, 0) is 6.18 Å². The van der Waals surface area contributed by atoms with Gasteiger partial charge in [-0.05, 0) is 36.8 Å². The molecule has 20 heavy (non-hydrogen) atoms. The molecular weight excluding hydrogens is 289 g/mol. The summed E-state index contributed by atoms with van der Waals surface area (Å²) in [5, 5.41) is 3.19. The Hall–Kier alpha value is -1.88. The second-order valence-electron chi connectivity index (χ2n) is 4.35. The molecule has 0 amide bonds. The summed E-state index contributed by atoms with van der Waals surface area (Å²) in [6, 6.07) is 8.94. The van der Waals surface area contributed by atoms with E-state index >= 15 is 0 Å². The number of nitrogens with one attached hydrogen (secondary N) is 1. The molecule has 0 spiro atoms. The van der Waals surface area contributed by atoms with Gasteiger partial charge in [0.25, 0.3) is 0 Å². The zero-order valence-electron chi connectivity index (χ0n) is 10.6. The maximum atomic E-state index is 12.8. The lowest BCUT2D eigenvalue weighted by Gasteiger charge is -2.14. The van der Waals surface area contributed by atoms with E-state index in [1.54, 1.807) is 24.3 Å². The summed E-state index contributed by atoms with van der Waals surface area (Å²) in [6.07, 6.45) is -4.39. The lowest BCUT2D eigenvalue weighted by Crippen LogP contribution is -2.08. The molecule has 0 fully saturated rings. The molecule has 0 unspecified atom stereocenters. The van der Waals surface area contributed by atoms with E-state index in [1.165, 1.54) is 13.0 Å². The van der Waals surface area contributed by atoms with Gasteiger partial charge in [-0.3, -0.25) is 0 Å². The van der Waals surface area contributed by atoms with Crippen LogP contribution in [0.2, 0.25) is 5.02 Å². The van der Waals surface area contributed by atoms with Gasteiger partial charge in [-0.1, -0.05) is 23.7 Å². The molecular formula is C14H12ClF3N2. The van der Waals surface area contributed by atoms with Gasteiger partial charge >= 0.3 is 6.18 Å². The number of anilines is 3. The highest BCUT2D eigenvalue weighted by molar-refractivity contribution is 6.33. The van der Waals surface area contributed by atoms with E-state index in [4.69, 9.17) is 17.3 Å². The molecule has 6 heteroatoms. The first-order valence-corrected chi connectivity index (χ1v) is 6.15. The number of hydrogen-bond donors (Lipinski definition) is 2. The Morgan fingerprint density at radius 1 is 1.15 bits per heavy atom. The van der Waals surface area contributed by atoms with Gasteiger partial charge in [0.1, 0.15) is 0 Å². The molecule has 106 valence electrons. The number of nitrogens with two attached hydrogens (primary N) is 1. The first kappa shape index (κ1) is 14.5. The highest BCUT2D eigenvalue weighted by Crippen LogP contribution is 2.35. The van der Waals surface area contributed by atoms with Gasteiger partial charge in [0.2, 0.25) is 0 Å². The van der Waals surface area contributed by atoms with Crippen molar-refractivity contribution < 1.29 is 13.2 Å². The van der Waals surface area contributed by atoms with E-state index in [1.807, 2.05) is 0 Å². The highest BCUT2D eigenvalue weighted by atomic mass is 35.5. The smallest absolute Gasteiger partial charge is 0.396 e. The molecule has 0 atom stereocenters. The Morgan fingerprint density at radius 3 is 2.50 bits per heavy atom. The maximum absolute atomic E-state index is 12.8. The number of aryl methyl sites for hydroxylation is 1. The Kier molecular flexibility index (Phi) is 3.81. The number of rotatable bonds is 2. The second-order valence-corrected chi connectivity index (χ2v) is 4.76. The van der Waals surface area contributed by atoms with Gasteiger partial charge < -0.3 is 11.1 Å². The Labute approximate surface area is 119 Å². The topological polar surface area (TPSA) is 38.0 Å². The normalized spacial score (nSPS) is 11.4. The van der Waals surface area contributed by atoms with Gasteiger partial charge in [-0.15, -0.1) is 0 Å². The lowest BCUT2D eigenvalue weighted by atomic mass is 10.1. The summed E-state index contributed by atoms with van der Waals surface area (Å²) in [7, 11) is 0. The number of halogens is 4. The van der Waals surface area contributed by atoms with Crippen molar-refractivity contribution in [3.63, 3.8) is 0 Å². The van der Waals surface area contributed by atoms with Crippen molar-refractivity contribution in [3.05, 3.63) is 52.5 Å². The summed E-state index contributed by atoms with van der Waals surface area (Å²) >= 11 is 5.86. The minimum atomic E-state index is -4.39. The molecule has 0 aromatic heterocycles. The lowest BCUT2D eigenvalue weighted by molar-refractivity contribution is -0.138.